The number of carbonyl (C=O) groups excluding carboxylic acids is 2. The number of fused-ring (bicyclic) bond motifs is 1. The maximum atomic E-state index is 12.8. The van der Waals surface area contributed by atoms with E-state index in [0.29, 0.717) is 37.7 Å². The normalized spacial score (nSPS) is 27.0. The standard InChI is InChI=1S/C64H108O9/c1-17-48(11)59(69)72-55-38-52(66)36-50-23-22-49(12)54(58(50)55)25-24-51(65)37-53(67)39-57(68)71-43-56-60(73-56)70-35-34-64(16,21-5)42-46(9)28-32-61(13,18-2)31-27-45(8)41-63(15,20-4)33-29-47(10)40-62(14,19-3)30-26-44(6)7/h22-23,26-29,36,48-49,51-56,58,60,65-67H,17-21,24-25,30-35,37-43H2,1-16H3. The highest BCUT2D eigenvalue weighted by Crippen LogP contribution is 2.45. The van der Waals surface area contributed by atoms with Crippen LogP contribution in [0.4, 0.5) is 0 Å². The van der Waals surface area contributed by atoms with Crippen LogP contribution in [0.5, 0.6) is 0 Å². The summed E-state index contributed by atoms with van der Waals surface area (Å²) in [7, 11) is 0. The molecule has 1 fully saturated rings. The number of hydrogen-bond acceptors (Lipinski definition) is 9. The third-order valence-electron chi connectivity index (χ3n) is 17.7. The molecule has 1 aliphatic heterocycles. The third-order valence-corrected chi connectivity index (χ3v) is 17.7. The second-order valence-corrected chi connectivity index (χ2v) is 25.3. The molecule has 0 amide bonds. The lowest BCUT2D eigenvalue weighted by atomic mass is 9.66. The average Bonchev–Trinajstić information content (AvgIpc) is 4.10. The molecular formula is C64H108O9. The molecule has 0 aromatic rings. The van der Waals surface area contributed by atoms with E-state index in [2.05, 4.69) is 127 Å². The van der Waals surface area contributed by atoms with Crippen LogP contribution in [0.3, 0.4) is 0 Å². The molecule has 0 radical (unpaired) electrons. The summed E-state index contributed by atoms with van der Waals surface area (Å²) in [6.07, 6.45) is 27.2. The van der Waals surface area contributed by atoms with Crippen LogP contribution < -0.4 is 0 Å². The topological polar surface area (TPSA) is 135 Å². The lowest BCUT2D eigenvalue weighted by molar-refractivity contribution is -0.159. The van der Waals surface area contributed by atoms with Gasteiger partial charge in [-0.05, 0) is 151 Å². The fourth-order valence-electron chi connectivity index (χ4n) is 11.0. The van der Waals surface area contributed by atoms with Crippen molar-refractivity contribution in [3.05, 3.63) is 70.4 Å². The summed E-state index contributed by atoms with van der Waals surface area (Å²) in [5.41, 5.74) is 7.71. The van der Waals surface area contributed by atoms with Gasteiger partial charge in [-0.25, -0.2) is 0 Å². The summed E-state index contributed by atoms with van der Waals surface area (Å²) in [5, 5.41) is 32.2. The van der Waals surface area contributed by atoms with Crippen molar-refractivity contribution in [2.24, 2.45) is 45.3 Å². The second-order valence-electron chi connectivity index (χ2n) is 25.3. The zero-order valence-corrected chi connectivity index (χ0v) is 49.2. The molecule has 9 nitrogen and oxygen atoms in total. The van der Waals surface area contributed by atoms with Crippen molar-refractivity contribution in [2.75, 3.05) is 13.2 Å². The van der Waals surface area contributed by atoms with Gasteiger partial charge in [0.25, 0.3) is 0 Å². The Morgan fingerprint density at radius 2 is 1.32 bits per heavy atom. The van der Waals surface area contributed by atoms with Gasteiger partial charge in [0.05, 0.1) is 37.3 Å². The fraction of sp³-hybridized carbons (Fsp3) is 0.781. The molecule has 9 heteroatoms. The van der Waals surface area contributed by atoms with Gasteiger partial charge in [-0.1, -0.05) is 167 Å². The summed E-state index contributed by atoms with van der Waals surface area (Å²) in [5.74, 6) is -0.842. The van der Waals surface area contributed by atoms with Gasteiger partial charge in [0.1, 0.15) is 18.8 Å². The van der Waals surface area contributed by atoms with Crippen molar-refractivity contribution in [3.8, 4) is 0 Å². The van der Waals surface area contributed by atoms with Crippen LogP contribution >= 0.6 is 0 Å². The number of ether oxygens (including phenoxy) is 4. The molecule has 0 aromatic carbocycles. The largest absolute Gasteiger partial charge is 0.463 e. The fourth-order valence-corrected chi connectivity index (χ4v) is 11.0. The van der Waals surface area contributed by atoms with Crippen molar-refractivity contribution in [3.63, 3.8) is 0 Å². The number of hydrogen-bond donors (Lipinski definition) is 3. The van der Waals surface area contributed by atoms with E-state index in [1.54, 1.807) is 0 Å². The molecule has 0 bridgehead atoms. The number of esters is 2. The van der Waals surface area contributed by atoms with Crippen molar-refractivity contribution < 1.29 is 43.9 Å². The molecule has 3 rings (SSSR count). The van der Waals surface area contributed by atoms with Gasteiger partial charge in [-0.3, -0.25) is 9.59 Å². The Morgan fingerprint density at radius 3 is 1.85 bits per heavy atom. The van der Waals surface area contributed by atoms with Gasteiger partial charge in [0.2, 0.25) is 0 Å². The maximum absolute atomic E-state index is 12.8. The van der Waals surface area contributed by atoms with Crippen LogP contribution in [-0.4, -0.2) is 77.3 Å². The number of epoxide rings is 1. The molecular weight excluding hydrogens is 913 g/mol. The lowest BCUT2D eigenvalue weighted by Gasteiger charge is -2.43. The van der Waals surface area contributed by atoms with Crippen molar-refractivity contribution >= 4 is 11.9 Å². The molecule has 14 unspecified atom stereocenters. The third kappa shape index (κ3) is 22.4. The van der Waals surface area contributed by atoms with Crippen LogP contribution in [0.15, 0.2) is 70.4 Å². The summed E-state index contributed by atoms with van der Waals surface area (Å²) in [6, 6.07) is 0. The molecule has 3 N–H and O–H groups in total. The van der Waals surface area contributed by atoms with E-state index in [4.69, 9.17) is 18.9 Å². The van der Waals surface area contributed by atoms with Gasteiger partial charge >= 0.3 is 11.9 Å². The summed E-state index contributed by atoms with van der Waals surface area (Å²) in [6.45, 7) is 36.9. The monoisotopic (exact) mass is 1020 g/mol. The van der Waals surface area contributed by atoms with E-state index in [9.17, 15) is 24.9 Å². The first-order valence-electron chi connectivity index (χ1n) is 28.9. The summed E-state index contributed by atoms with van der Waals surface area (Å²) >= 11 is 0. The number of aliphatic hydroxyl groups is 3. The van der Waals surface area contributed by atoms with Gasteiger partial charge < -0.3 is 34.3 Å². The Bertz CT molecular complexity index is 1900. The van der Waals surface area contributed by atoms with Crippen LogP contribution in [0, 0.1) is 45.3 Å². The first-order valence-corrected chi connectivity index (χ1v) is 28.9. The molecule has 1 heterocycles. The number of aliphatic hydroxyl groups excluding tert-OH is 3. The maximum Gasteiger partial charge on any atom is 0.308 e. The van der Waals surface area contributed by atoms with Crippen molar-refractivity contribution in [2.45, 2.75) is 263 Å². The molecule has 1 saturated heterocycles. The Kier molecular flexibility index (Phi) is 26.7. The summed E-state index contributed by atoms with van der Waals surface area (Å²) < 4.78 is 23.2. The molecule has 0 saturated carbocycles. The van der Waals surface area contributed by atoms with Crippen LogP contribution in [0.25, 0.3) is 0 Å². The first kappa shape index (κ1) is 64.5. The first-order chi connectivity index (χ1) is 34.2. The molecule has 73 heavy (non-hydrogen) atoms. The zero-order valence-electron chi connectivity index (χ0n) is 49.2. The minimum atomic E-state index is -1.05. The predicted octanol–water partition coefficient (Wildman–Crippen LogP) is 15.2. The predicted molar refractivity (Wildman–Crippen MR) is 301 cm³/mol. The van der Waals surface area contributed by atoms with E-state index in [-0.39, 0.29) is 71.4 Å². The highest BCUT2D eigenvalue weighted by Gasteiger charge is 2.43. The molecule has 14 atom stereocenters. The quantitative estimate of drug-likeness (QED) is 0.0327. The molecule has 3 aliphatic rings. The van der Waals surface area contributed by atoms with E-state index < -0.39 is 36.7 Å². The SMILES string of the molecule is CCC(C)C(=O)OC1CC(O)C=C2C=CC(C)C(CCC(O)CC(O)CC(=O)OCC3OC3OCCC(C)(CC)CC(C)=CCC(C)(CC)CC=C(C)CC(C)(CC)CC=C(C)CC(C)(CC)CC=C(C)C)C21. The Morgan fingerprint density at radius 1 is 0.781 bits per heavy atom. The Labute approximate surface area is 446 Å². The zero-order chi connectivity index (χ0) is 54.7. The average molecular weight is 1020 g/mol. The van der Waals surface area contributed by atoms with Gasteiger partial charge in [0, 0.05) is 12.3 Å². The Hall–Kier alpha value is -2.82. The molecule has 418 valence electrons. The van der Waals surface area contributed by atoms with Crippen LogP contribution in [0.1, 0.15) is 226 Å². The minimum Gasteiger partial charge on any atom is -0.463 e. The Balaban J connectivity index is 1.39. The van der Waals surface area contributed by atoms with E-state index in [0.717, 1.165) is 69.8 Å². The summed E-state index contributed by atoms with van der Waals surface area (Å²) in [4.78, 5) is 25.5. The highest BCUT2D eigenvalue weighted by atomic mass is 16.8. The second kappa shape index (κ2) is 30.2. The smallest absolute Gasteiger partial charge is 0.308 e. The van der Waals surface area contributed by atoms with E-state index >= 15 is 0 Å². The highest BCUT2D eigenvalue weighted by molar-refractivity contribution is 5.72. The van der Waals surface area contributed by atoms with Crippen molar-refractivity contribution in [1.82, 2.24) is 0 Å². The number of carbonyl (C=O) groups is 2. The van der Waals surface area contributed by atoms with Crippen LogP contribution in [0.2, 0.25) is 0 Å². The minimum absolute atomic E-state index is 0.0457. The van der Waals surface area contributed by atoms with E-state index in [1.807, 2.05) is 26.0 Å². The number of rotatable bonds is 34. The lowest BCUT2D eigenvalue weighted by Crippen LogP contribution is -2.43. The molecule has 0 aromatic heterocycles. The van der Waals surface area contributed by atoms with Gasteiger partial charge in [0.15, 0.2) is 6.29 Å². The van der Waals surface area contributed by atoms with E-state index in [1.165, 1.54) is 35.1 Å². The molecule has 2 aliphatic carbocycles. The van der Waals surface area contributed by atoms with Crippen LogP contribution in [-0.2, 0) is 28.5 Å². The van der Waals surface area contributed by atoms with Gasteiger partial charge in [-0.2, -0.15) is 0 Å². The van der Waals surface area contributed by atoms with Crippen molar-refractivity contribution in [1.29, 1.82) is 0 Å². The van der Waals surface area contributed by atoms with Gasteiger partial charge in [-0.15, -0.1) is 0 Å². The number of allylic oxidation sites excluding steroid dienone is 10. The molecule has 0 spiro atoms.